The lowest BCUT2D eigenvalue weighted by Crippen LogP contribution is -2.38. The topological polar surface area (TPSA) is 85.3 Å². The number of hydrogen-bond acceptors (Lipinski definition) is 7. The highest BCUT2D eigenvalue weighted by Crippen LogP contribution is 2.44. The Labute approximate surface area is 249 Å². The maximum Gasteiger partial charge on any atom is 0.266 e. The zero-order valence-corrected chi connectivity index (χ0v) is 24.1. The third-order valence-electron chi connectivity index (χ3n) is 7.79. The van der Waals surface area contributed by atoms with Gasteiger partial charge in [-0.2, -0.15) is 0 Å². The van der Waals surface area contributed by atoms with Crippen LogP contribution in [-0.2, 0) is 16.1 Å². The average Bonchev–Trinajstić information content (AvgIpc) is 3.30. The minimum absolute atomic E-state index is 0.00264. The van der Waals surface area contributed by atoms with Gasteiger partial charge in [0.2, 0.25) is 0 Å². The van der Waals surface area contributed by atoms with E-state index >= 15 is 0 Å². The lowest BCUT2D eigenvalue weighted by molar-refractivity contribution is -0.268. The van der Waals surface area contributed by atoms with E-state index in [0.29, 0.717) is 28.1 Å². The molecule has 2 aliphatic heterocycles. The Morgan fingerprint density at radius 1 is 0.833 bits per heavy atom. The molecule has 0 aromatic heterocycles. The molecular weight excluding hydrogens is 550 g/mol. The zero-order valence-electron chi connectivity index (χ0n) is 23.3. The van der Waals surface area contributed by atoms with E-state index in [2.05, 4.69) is 6.92 Å². The van der Waals surface area contributed by atoms with E-state index in [1.807, 2.05) is 60.7 Å². The van der Waals surface area contributed by atoms with Crippen LogP contribution in [0.3, 0.4) is 0 Å². The van der Waals surface area contributed by atoms with Gasteiger partial charge in [0.05, 0.1) is 42.7 Å². The number of carbonyl (C=O) groups excluding carboxylic acids is 2. The molecule has 4 atom stereocenters. The van der Waals surface area contributed by atoms with Gasteiger partial charge in [0.1, 0.15) is 5.75 Å². The van der Waals surface area contributed by atoms with Crippen molar-refractivity contribution in [1.82, 2.24) is 0 Å². The van der Waals surface area contributed by atoms with Crippen LogP contribution in [0.1, 0.15) is 56.7 Å². The van der Waals surface area contributed by atoms with Crippen LogP contribution in [0.15, 0.2) is 102 Å². The van der Waals surface area contributed by atoms with E-state index < -0.39 is 6.29 Å². The molecule has 1 N–H and O–H groups in total. The van der Waals surface area contributed by atoms with Crippen molar-refractivity contribution in [3.63, 3.8) is 0 Å². The van der Waals surface area contributed by atoms with Gasteiger partial charge in [0, 0.05) is 22.1 Å². The number of para-hydroxylation sites is 1. The third-order valence-corrected chi connectivity index (χ3v) is 8.93. The number of ether oxygens (including phenoxy) is 3. The molecule has 0 spiro atoms. The van der Waals surface area contributed by atoms with Crippen molar-refractivity contribution in [2.45, 2.75) is 36.9 Å². The summed E-state index contributed by atoms with van der Waals surface area (Å²) in [6, 6.07) is 29.7. The average molecular weight is 582 g/mol. The Kier molecular flexibility index (Phi) is 8.13. The van der Waals surface area contributed by atoms with Crippen molar-refractivity contribution in [2.24, 2.45) is 5.92 Å². The van der Waals surface area contributed by atoms with Gasteiger partial charge >= 0.3 is 0 Å². The second kappa shape index (κ2) is 12.1. The fourth-order valence-corrected chi connectivity index (χ4v) is 6.65. The third kappa shape index (κ3) is 5.34. The van der Waals surface area contributed by atoms with Crippen molar-refractivity contribution < 1.29 is 28.9 Å². The summed E-state index contributed by atoms with van der Waals surface area (Å²) in [5.74, 6) is 0.774. The fourth-order valence-electron chi connectivity index (χ4n) is 5.45. The fraction of sp³-hybridized carbons (Fsp3) is 0.235. The van der Waals surface area contributed by atoms with Crippen LogP contribution >= 0.6 is 11.8 Å². The molecule has 1 fully saturated rings. The second-order valence-corrected chi connectivity index (χ2v) is 11.4. The molecule has 0 aliphatic carbocycles. The smallest absolute Gasteiger partial charge is 0.266 e. The van der Waals surface area contributed by atoms with Crippen molar-refractivity contribution in [1.29, 1.82) is 0 Å². The molecule has 7 nitrogen and oxygen atoms in total. The molecule has 214 valence electrons. The number of rotatable bonds is 8. The lowest BCUT2D eigenvalue weighted by atomic mass is 9.91. The normalized spacial score (nSPS) is 21.8. The maximum absolute atomic E-state index is 13.2. The van der Waals surface area contributed by atoms with E-state index in [4.69, 9.17) is 14.2 Å². The molecule has 2 heterocycles. The minimum Gasteiger partial charge on any atom is -0.496 e. The van der Waals surface area contributed by atoms with Gasteiger partial charge in [0.15, 0.2) is 6.29 Å². The molecule has 42 heavy (non-hydrogen) atoms. The molecular formula is C34H31NO6S. The SMILES string of the molecule is COc1ccccc1SC[C@@H]1O[C@H](c2cccc(N3C(=O)c4ccccc4C3=O)c2)O[C@H](c2ccc(CO)cc2)[C@@H]1C. The number of anilines is 1. The predicted molar refractivity (Wildman–Crippen MR) is 161 cm³/mol. The van der Waals surface area contributed by atoms with E-state index in [1.165, 1.54) is 4.90 Å². The molecule has 1 saturated heterocycles. The summed E-state index contributed by atoms with van der Waals surface area (Å²) in [4.78, 5) is 28.6. The highest BCUT2D eigenvalue weighted by atomic mass is 32.2. The van der Waals surface area contributed by atoms with E-state index in [0.717, 1.165) is 21.8 Å². The Bertz CT molecular complexity index is 1570. The molecule has 2 amide bonds. The first kappa shape index (κ1) is 28.2. The standard InChI is InChI=1S/C34H31NO6S/c1-21-29(20-42-30-13-6-5-12-28(30)39-2)40-34(41-31(21)23-16-14-22(19-36)15-17-23)24-8-7-9-25(18-24)35-32(37)26-10-3-4-11-27(26)33(35)38/h3-18,21,29,31,34,36H,19-20H2,1-2H3/t21-,29+,31+,34+/m1/s1. The molecule has 0 unspecified atom stereocenters. The largest absolute Gasteiger partial charge is 0.496 e. The Balaban J connectivity index is 1.30. The second-order valence-electron chi connectivity index (χ2n) is 10.4. The summed E-state index contributed by atoms with van der Waals surface area (Å²) in [7, 11) is 1.66. The number of aliphatic hydroxyl groups is 1. The summed E-state index contributed by atoms with van der Waals surface area (Å²) in [6.45, 7) is 2.08. The number of fused-ring (bicyclic) bond motifs is 1. The molecule has 0 bridgehead atoms. The summed E-state index contributed by atoms with van der Waals surface area (Å²) < 4.78 is 18.7. The monoisotopic (exact) mass is 581 g/mol. The highest BCUT2D eigenvalue weighted by Gasteiger charge is 2.40. The summed E-state index contributed by atoms with van der Waals surface area (Å²) >= 11 is 1.66. The number of methoxy groups -OCH3 is 1. The number of amides is 2. The zero-order chi connectivity index (χ0) is 29.2. The number of thioether (sulfide) groups is 1. The molecule has 4 aromatic carbocycles. The van der Waals surface area contributed by atoms with Gasteiger partial charge in [-0.25, -0.2) is 4.90 Å². The van der Waals surface area contributed by atoms with Crippen molar-refractivity contribution >= 4 is 29.3 Å². The van der Waals surface area contributed by atoms with E-state index in [1.54, 1.807) is 55.3 Å². The molecule has 2 aliphatic rings. The number of aliphatic hydroxyl groups excluding tert-OH is 1. The van der Waals surface area contributed by atoms with Gasteiger partial charge in [-0.1, -0.05) is 67.6 Å². The van der Waals surface area contributed by atoms with Crippen LogP contribution in [0.25, 0.3) is 0 Å². The number of nitrogens with zero attached hydrogens (tertiary/aromatic N) is 1. The van der Waals surface area contributed by atoms with E-state index in [-0.39, 0.29) is 36.5 Å². The molecule has 0 radical (unpaired) electrons. The maximum atomic E-state index is 13.2. The van der Waals surface area contributed by atoms with Gasteiger partial charge in [0.25, 0.3) is 11.8 Å². The summed E-state index contributed by atoms with van der Waals surface area (Å²) in [6.07, 6.45) is -1.21. The first-order valence-electron chi connectivity index (χ1n) is 13.8. The van der Waals surface area contributed by atoms with Gasteiger partial charge in [-0.05, 0) is 47.5 Å². The van der Waals surface area contributed by atoms with Crippen molar-refractivity contribution in [2.75, 3.05) is 17.8 Å². The van der Waals surface area contributed by atoms with Gasteiger partial charge in [-0.3, -0.25) is 9.59 Å². The lowest BCUT2D eigenvalue weighted by Gasteiger charge is -2.41. The first-order valence-corrected chi connectivity index (χ1v) is 14.8. The molecule has 4 aromatic rings. The van der Waals surface area contributed by atoms with Crippen molar-refractivity contribution in [3.05, 3.63) is 125 Å². The number of carbonyl (C=O) groups is 2. The minimum atomic E-state index is -0.734. The van der Waals surface area contributed by atoms with Crippen LogP contribution in [0.2, 0.25) is 0 Å². The number of benzene rings is 4. The predicted octanol–water partition coefficient (Wildman–Crippen LogP) is 6.57. The van der Waals surface area contributed by atoms with Crippen LogP contribution < -0.4 is 9.64 Å². The Hall–Kier alpha value is -3.95. The van der Waals surface area contributed by atoms with Crippen LogP contribution in [0.5, 0.6) is 5.75 Å². The quantitative estimate of drug-likeness (QED) is 0.186. The number of imide groups is 1. The highest BCUT2D eigenvalue weighted by molar-refractivity contribution is 7.99. The van der Waals surface area contributed by atoms with Crippen LogP contribution in [0, 0.1) is 5.92 Å². The van der Waals surface area contributed by atoms with E-state index in [9.17, 15) is 14.7 Å². The van der Waals surface area contributed by atoms with Crippen LogP contribution in [0.4, 0.5) is 5.69 Å². The van der Waals surface area contributed by atoms with Gasteiger partial charge < -0.3 is 19.3 Å². The van der Waals surface area contributed by atoms with Crippen molar-refractivity contribution in [3.8, 4) is 5.75 Å². The van der Waals surface area contributed by atoms with Gasteiger partial charge in [-0.15, -0.1) is 11.8 Å². The number of hydrogen-bond donors (Lipinski definition) is 1. The molecule has 6 rings (SSSR count). The Morgan fingerprint density at radius 2 is 1.52 bits per heavy atom. The summed E-state index contributed by atoms with van der Waals surface area (Å²) in [5, 5.41) is 9.54. The Morgan fingerprint density at radius 3 is 2.21 bits per heavy atom. The molecule has 0 saturated carbocycles. The first-order chi connectivity index (χ1) is 20.5. The van der Waals surface area contributed by atoms with Crippen LogP contribution in [-0.4, -0.2) is 35.9 Å². The summed E-state index contributed by atoms with van der Waals surface area (Å²) in [5.41, 5.74) is 3.77. The molecule has 8 heteroatoms.